The zero-order valence-corrected chi connectivity index (χ0v) is 13.6. The quantitative estimate of drug-likeness (QED) is 0.810. The van der Waals surface area contributed by atoms with Crippen molar-refractivity contribution in [1.29, 1.82) is 0 Å². The summed E-state index contributed by atoms with van der Waals surface area (Å²) in [6.07, 6.45) is 0.332. The van der Waals surface area contributed by atoms with Crippen molar-refractivity contribution in [3.05, 3.63) is 41.1 Å². The van der Waals surface area contributed by atoms with Gasteiger partial charge in [-0.1, -0.05) is 28.9 Å². The molecule has 8 heteroatoms. The second kappa shape index (κ2) is 7.35. The molecule has 0 atom stereocenters. The van der Waals surface area contributed by atoms with Crippen LogP contribution in [0.25, 0.3) is 11.3 Å². The van der Waals surface area contributed by atoms with Crippen LogP contribution in [-0.2, 0) is 4.74 Å². The highest BCUT2D eigenvalue weighted by Gasteiger charge is 2.21. The summed E-state index contributed by atoms with van der Waals surface area (Å²) in [5, 5.41) is 7.21. The molecule has 1 N–H and O–H groups in total. The summed E-state index contributed by atoms with van der Waals surface area (Å²) in [4.78, 5) is 24.9. The van der Waals surface area contributed by atoms with Gasteiger partial charge in [-0.2, -0.15) is 0 Å². The Morgan fingerprint density at radius 2 is 2.25 bits per heavy atom. The molecule has 0 bridgehead atoms. The number of hydrogen-bond acceptors (Lipinski definition) is 5. The number of benzene rings is 1. The number of aromatic nitrogens is 1. The molecule has 2 aromatic rings. The van der Waals surface area contributed by atoms with Crippen molar-refractivity contribution >= 4 is 23.6 Å². The molecule has 1 aliphatic rings. The summed E-state index contributed by atoms with van der Waals surface area (Å²) in [7, 11) is 0. The van der Waals surface area contributed by atoms with E-state index in [-0.39, 0.29) is 17.8 Å². The lowest BCUT2D eigenvalue weighted by atomic mass is 10.1. The van der Waals surface area contributed by atoms with E-state index in [1.54, 1.807) is 29.2 Å². The van der Waals surface area contributed by atoms with Gasteiger partial charge < -0.3 is 19.5 Å². The third-order valence-electron chi connectivity index (χ3n) is 3.59. The summed E-state index contributed by atoms with van der Waals surface area (Å²) in [5.41, 5.74) is 1.32. The van der Waals surface area contributed by atoms with Crippen LogP contribution in [0.1, 0.15) is 17.0 Å². The first-order chi connectivity index (χ1) is 11.6. The predicted octanol–water partition coefficient (Wildman–Crippen LogP) is 2.57. The van der Waals surface area contributed by atoms with E-state index < -0.39 is 0 Å². The molecule has 2 amide bonds. The molecule has 0 radical (unpaired) electrons. The van der Waals surface area contributed by atoms with Crippen LogP contribution < -0.4 is 5.32 Å². The van der Waals surface area contributed by atoms with E-state index in [1.165, 1.54) is 0 Å². The molecule has 3 rings (SSSR count). The minimum absolute atomic E-state index is 0.130. The number of rotatable bonds is 6. The lowest BCUT2D eigenvalue weighted by Crippen LogP contribution is -2.30. The Hall–Kier alpha value is -2.54. The highest BCUT2D eigenvalue weighted by Crippen LogP contribution is 2.22. The number of cyclic esters (lactones) is 1. The van der Waals surface area contributed by atoms with Crippen LogP contribution in [0.3, 0.4) is 0 Å². The molecule has 1 fully saturated rings. The average Bonchev–Trinajstić information content (AvgIpc) is 3.21. The maximum atomic E-state index is 12.0. The second-order valence-corrected chi connectivity index (χ2v) is 5.73. The van der Waals surface area contributed by atoms with Crippen LogP contribution in [0.4, 0.5) is 4.79 Å². The molecular weight excluding hydrogens is 334 g/mol. The molecular formula is C16H16ClN3O4. The fraction of sp³-hybridized carbons (Fsp3) is 0.312. The number of carbonyl (C=O) groups excluding carboxylic acids is 2. The molecule has 1 saturated heterocycles. The van der Waals surface area contributed by atoms with E-state index in [2.05, 4.69) is 10.5 Å². The lowest BCUT2D eigenvalue weighted by Gasteiger charge is -2.11. The summed E-state index contributed by atoms with van der Waals surface area (Å²) < 4.78 is 9.91. The van der Waals surface area contributed by atoms with E-state index in [9.17, 15) is 9.59 Å². The van der Waals surface area contributed by atoms with E-state index >= 15 is 0 Å². The van der Waals surface area contributed by atoms with Crippen molar-refractivity contribution < 1.29 is 18.8 Å². The first kappa shape index (κ1) is 16.3. The van der Waals surface area contributed by atoms with Gasteiger partial charge in [-0.25, -0.2) is 4.79 Å². The Morgan fingerprint density at radius 3 is 3.00 bits per heavy atom. The number of halogens is 1. The van der Waals surface area contributed by atoms with Crippen molar-refractivity contribution in [2.45, 2.75) is 6.42 Å². The van der Waals surface area contributed by atoms with Crippen LogP contribution in [0, 0.1) is 0 Å². The normalized spacial score (nSPS) is 13.9. The summed E-state index contributed by atoms with van der Waals surface area (Å²) >= 11 is 5.94. The largest absolute Gasteiger partial charge is 0.448 e. The fourth-order valence-electron chi connectivity index (χ4n) is 2.35. The van der Waals surface area contributed by atoms with Crippen molar-refractivity contribution in [2.75, 3.05) is 26.2 Å². The Kier molecular flexibility index (Phi) is 5.00. The molecule has 2 heterocycles. The van der Waals surface area contributed by atoms with Gasteiger partial charge in [-0.3, -0.25) is 4.79 Å². The first-order valence-corrected chi connectivity index (χ1v) is 7.94. The zero-order valence-electron chi connectivity index (χ0n) is 12.8. The van der Waals surface area contributed by atoms with E-state index in [0.29, 0.717) is 43.4 Å². The Balaban J connectivity index is 1.50. The average molecular weight is 350 g/mol. The van der Waals surface area contributed by atoms with E-state index in [0.717, 1.165) is 5.56 Å². The van der Waals surface area contributed by atoms with Gasteiger partial charge in [0.25, 0.3) is 5.91 Å². The molecule has 7 nitrogen and oxygen atoms in total. The SMILES string of the molecule is O=C(NCCCN1CCOC1=O)c1cc(-c2cccc(Cl)c2)no1. The highest BCUT2D eigenvalue weighted by molar-refractivity contribution is 6.30. The standard InChI is InChI=1S/C16H16ClN3O4/c17-12-4-1-3-11(9-12)13-10-14(24-19-13)15(21)18-5-2-6-20-7-8-23-16(20)22/h1,3-4,9-10H,2,5-8H2,(H,18,21). The lowest BCUT2D eigenvalue weighted by molar-refractivity contribution is 0.0915. The number of carbonyl (C=O) groups is 2. The topological polar surface area (TPSA) is 84.7 Å². The first-order valence-electron chi connectivity index (χ1n) is 7.56. The number of hydrogen-bond donors (Lipinski definition) is 1. The van der Waals surface area contributed by atoms with Crippen molar-refractivity contribution in [3.8, 4) is 11.3 Å². The van der Waals surface area contributed by atoms with Gasteiger partial charge in [0.05, 0.1) is 6.54 Å². The molecule has 1 aromatic carbocycles. The molecule has 0 saturated carbocycles. The van der Waals surface area contributed by atoms with Crippen LogP contribution in [-0.4, -0.2) is 48.3 Å². The van der Waals surface area contributed by atoms with Crippen molar-refractivity contribution in [2.24, 2.45) is 0 Å². The predicted molar refractivity (Wildman–Crippen MR) is 86.8 cm³/mol. The van der Waals surface area contributed by atoms with Crippen LogP contribution in [0.5, 0.6) is 0 Å². The molecule has 0 unspecified atom stereocenters. The molecule has 1 aliphatic heterocycles. The summed E-state index contributed by atoms with van der Waals surface area (Å²) in [5.74, 6) is -0.217. The van der Waals surface area contributed by atoms with Gasteiger partial charge in [-0.15, -0.1) is 0 Å². The molecule has 0 spiro atoms. The van der Waals surface area contributed by atoms with Gasteiger partial charge in [-0.05, 0) is 18.6 Å². The van der Waals surface area contributed by atoms with Gasteiger partial charge in [0.1, 0.15) is 12.3 Å². The Bertz CT molecular complexity index is 746. The number of nitrogens with zero attached hydrogens (tertiary/aromatic N) is 2. The number of amides is 2. The number of nitrogens with one attached hydrogen (secondary N) is 1. The molecule has 24 heavy (non-hydrogen) atoms. The number of ether oxygens (including phenoxy) is 1. The zero-order chi connectivity index (χ0) is 16.9. The van der Waals surface area contributed by atoms with Crippen LogP contribution in [0.15, 0.2) is 34.9 Å². The van der Waals surface area contributed by atoms with Gasteiger partial charge in [0.15, 0.2) is 0 Å². The monoisotopic (exact) mass is 349 g/mol. The van der Waals surface area contributed by atoms with Gasteiger partial charge in [0, 0.05) is 29.7 Å². The van der Waals surface area contributed by atoms with Gasteiger partial charge in [0.2, 0.25) is 5.76 Å². The van der Waals surface area contributed by atoms with Crippen LogP contribution >= 0.6 is 11.6 Å². The maximum Gasteiger partial charge on any atom is 0.409 e. The van der Waals surface area contributed by atoms with Crippen LogP contribution in [0.2, 0.25) is 5.02 Å². The Labute approximate surface area is 143 Å². The second-order valence-electron chi connectivity index (χ2n) is 5.30. The molecule has 126 valence electrons. The minimum Gasteiger partial charge on any atom is -0.448 e. The summed E-state index contributed by atoms with van der Waals surface area (Å²) in [6, 6.07) is 8.71. The smallest absolute Gasteiger partial charge is 0.409 e. The molecule has 0 aliphatic carbocycles. The summed E-state index contributed by atoms with van der Waals surface area (Å²) in [6.45, 7) is 1.99. The van der Waals surface area contributed by atoms with Crippen molar-refractivity contribution in [3.63, 3.8) is 0 Å². The van der Waals surface area contributed by atoms with Gasteiger partial charge >= 0.3 is 6.09 Å². The van der Waals surface area contributed by atoms with E-state index in [1.807, 2.05) is 6.07 Å². The highest BCUT2D eigenvalue weighted by atomic mass is 35.5. The Morgan fingerprint density at radius 1 is 1.38 bits per heavy atom. The minimum atomic E-state index is -0.347. The molecule has 1 aromatic heterocycles. The van der Waals surface area contributed by atoms with E-state index in [4.69, 9.17) is 20.9 Å². The fourth-order valence-corrected chi connectivity index (χ4v) is 2.54. The third-order valence-corrected chi connectivity index (χ3v) is 3.82. The third kappa shape index (κ3) is 3.86. The van der Waals surface area contributed by atoms with Crippen molar-refractivity contribution in [1.82, 2.24) is 15.4 Å². The maximum absolute atomic E-state index is 12.0.